The van der Waals surface area contributed by atoms with E-state index in [9.17, 15) is 18.0 Å². The Labute approximate surface area is 264 Å². The highest BCUT2D eigenvalue weighted by atomic mass is 32.2. The summed E-state index contributed by atoms with van der Waals surface area (Å²) in [5.41, 5.74) is 5.71. The summed E-state index contributed by atoms with van der Waals surface area (Å²) in [6.45, 7) is 8.64. The summed E-state index contributed by atoms with van der Waals surface area (Å²) in [5.74, 6) is 1.36. The summed E-state index contributed by atoms with van der Waals surface area (Å²) in [6.07, 6.45) is 1.06. The van der Waals surface area contributed by atoms with Crippen LogP contribution in [-0.2, 0) is 0 Å². The number of amidine groups is 1. The lowest BCUT2D eigenvalue weighted by Gasteiger charge is -2.37. The number of thioether (sulfide) groups is 1. The number of benzene rings is 3. The van der Waals surface area contributed by atoms with Crippen molar-refractivity contribution in [3.63, 3.8) is 0 Å². The number of hydrogen-bond donors (Lipinski definition) is 1. The van der Waals surface area contributed by atoms with Gasteiger partial charge >= 0.3 is 12.4 Å². The molecule has 0 spiro atoms. The van der Waals surface area contributed by atoms with Crippen molar-refractivity contribution in [2.75, 3.05) is 10.7 Å². The Balaban J connectivity index is 1.23. The van der Waals surface area contributed by atoms with E-state index >= 15 is 0 Å². The number of alkyl halides is 3. The van der Waals surface area contributed by atoms with Crippen LogP contribution in [0.3, 0.4) is 0 Å². The van der Waals surface area contributed by atoms with Crippen LogP contribution in [0.15, 0.2) is 84.2 Å². The molecule has 3 aromatic carbocycles. The molecular weight excluding hydrogens is 601 g/mol. The molecule has 1 aliphatic heterocycles. The number of hydrogen-bond acceptors (Lipinski definition) is 5. The second-order valence-corrected chi connectivity index (χ2v) is 11.9. The van der Waals surface area contributed by atoms with Crippen molar-refractivity contribution >= 4 is 34.7 Å². The van der Waals surface area contributed by atoms with Crippen molar-refractivity contribution < 1.29 is 22.7 Å². The smallest absolute Gasteiger partial charge is 0.406 e. The quantitative estimate of drug-likeness (QED) is 0.220. The first-order chi connectivity index (χ1) is 21.5. The maximum Gasteiger partial charge on any atom is 0.573 e. The van der Waals surface area contributed by atoms with Crippen molar-refractivity contribution in [1.82, 2.24) is 20.1 Å². The lowest BCUT2D eigenvalue weighted by Crippen LogP contribution is -2.42. The van der Waals surface area contributed by atoms with Gasteiger partial charge in [0.25, 0.3) is 0 Å². The van der Waals surface area contributed by atoms with Crippen molar-refractivity contribution in [2.24, 2.45) is 4.99 Å². The second-order valence-electron chi connectivity index (χ2n) is 10.9. The summed E-state index contributed by atoms with van der Waals surface area (Å²) in [5, 5.41) is 7.87. The molecule has 1 fully saturated rings. The minimum Gasteiger partial charge on any atom is -0.406 e. The molecule has 8 nitrogen and oxygen atoms in total. The number of rotatable bonds is 7. The van der Waals surface area contributed by atoms with Gasteiger partial charge in [-0.1, -0.05) is 62.0 Å². The topological polar surface area (TPSA) is 84.6 Å². The molecule has 0 bridgehead atoms. The van der Waals surface area contributed by atoms with Crippen molar-refractivity contribution in [1.29, 1.82) is 0 Å². The summed E-state index contributed by atoms with van der Waals surface area (Å²) >= 11 is 1.59. The van der Waals surface area contributed by atoms with Crippen molar-refractivity contribution in [3.05, 3.63) is 95.9 Å². The number of aliphatic imine (C=N–C) groups is 1. The van der Waals surface area contributed by atoms with Crippen LogP contribution in [0.4, 0.5) is 23.7 Å². The van der Waals surface area contributed by atoms with Crippen molar-refractivity contribution in [2.45, 2.75) is 52.4 Å². The highest BCUT2D eigenvalue weighted by molar-refractivity contribution is 8.14. The van der Waals surface area contributed by atoms with E-state index < -0.39 is 12.4 Å². The van der Waals surface area contributed by atoms with Crippen LogP contribution in [0.1, 0.15) is 49.8 Å². The number of urea groups is 1. The van der Waals surface area contributed by atoms with E-state index in [1.54, 1.807) is 24.0 Å². The van der Waals surface area contributed by atoms with E-state index in [1.807, 2.05) is 24.3 Å². The number of nitrogens with zero attached hydrogens (tertiary/aromatic N) is 5. The van der Waals surface area contributed by atoms with Crippen LogP contribution in [-0.4, -0.2) is 44.1 Å². The Morgan fingerprint density at radius 3 is 2.53 bits per heavy atom. The van der Waals surface area contributed by atoms with Gasteiger partial charge < -0.3 is 15.0 Å². The Morgan fingerprint density at radius 2 is 1.84 bits per heavy atom. The van der Waals surface area contributed by atoms with Crippen LogP contribution >= 0.6 is 11.8 Å². The fourth-order valence-electron chi connectivity index (χ4n) is 5.15. The molecule has 0 aliphatic carbocycles. The molecule has 1 aromatic heterocycles. The highest BCUT2D eigenvalue weighted by Gasteiger charge is 2.31. The molecule has 1 saturated heterocycles. The molecule has 12 heteroatoms. The monoisotopic (exact) mass is 634 g/mol. The SMILES string of the molecule is Cc1cccc(N2C(=NC(=O)N/C=C/c3ccc(-c4ncn(-c5ccc(OC(F)(F)F)cc5)n4)cc3)SCCC2C)c1C(C)C. The Kier molecular flexibility index (Phi) is 9.62. The molecular formula is C33H33F3N6O2S. The summed E-state index contributed by atoms with van der Waals surface area (Å²) in [7, 11) is 0. The van der Waals surface area contributed by atoms with Gasteiger partial charge in [-0.3, -0.25) is 0 Å². The van der Waals surface area contributed by atoms with Crippen molar-refractivity contribution in [3.8, 4) is 22.8 Å². The first-order valence-corrected chi connectivity index (χ1v) is 15.4. The number of ether oxygens (including phenoxy) is 1. The molecule has 1 N–H and O–H groups in total. The first kappa shape index (κ1) is 31.8. The normalized spacial score (nSPS) is 16.5. The van der Waals surface area contributed by atoms with Crippen LogP contribution in [0.5, 0.6) is 5.75 Å². The third-order valence-corrected chi connectivity index (χ3v) is 8.21. The summed E-state index contributed by atoms with van der Waals surface area (Å²) in [6, 6.07) is 18.8. The molecule has 1 atom stereocenters. The number of anilines is 1. The second kappa shape index (κ2) is 13.6. The van der Waals surface area contributed by atoms with E-state index in [0.29, 0.717) is 22.6 Å². The number of carbonyl (C=O) groups is 1. The van der Waals surface area contributed by atoms with Gasteiger partial charge in [-0.25, -0.2) is 14.5 Å². The fourth-order valence-corrected chi connectivity index (χ4v) is 6.36. The van der Waals surface area contributed by atoms with E-state index in [0.717, 1.165) is 29.0 Å². The minimum atomic E-state index is -4.75. The number of aryl methyl sites for hydroxylation is 1. The zero-order chi connectivity index (χ0) is 32.1. The zero-order valence-corrected chi connectivity index (χ0v) is 26.1. The maximum absolute atomic E-state index is 12.8. The average Bonchev–Trinajstić information content (AvgIpc) is 3.47. The standard InChI is InChI=1S/C33H33F3N6O2S/c1-21(2)29-22(3)6-5-7-28(29)42-23(4)17-19-45-32(42)39-31(43)37-18-16-24-8-10-25(11-9-24)30-38-20-41(40-30)26-12-14-27(15-13-26)44-33(34,35)36/h5-16,18,20-21,23H,17,19H2,1-4H3,(H,37,43)/b18-16+,39-32?. The molecule has 45 heavy (non-hydrogen) atoms. The van der Waals surface area contributed by atoms with E-state index in [4.69, 9.17) is 0 Å². The lowest BCUT2D eigenvalue weighted by molar-refractivity contribution is -0.274. The predicted molar refractivity (Wildman–Crippen MR) is 173 cm³/mol. The molecule has 1 unspecified atom stereocenters. The van der Waals surface area contributed by atoms with E-state index in [2.05, 4.69) is 75.9 Å². The van der Waals surface area contributed by atoms with Crippen LogP contribution < -0.4 is 15.0 Å². The minimum absolute atomic E-state index is 0.213. The van der Waals surface area contributed by atoms with Gasteiger partial charge in [-0.2, -0.15) is 4.99 Å². The lowest BCUT2D eigenvalue weighted by atomic mass is 9.95. The number of halogens is 3. The Bertz CT molecular complexity index is 1700. The van der Waals surface area contributed by atoms with Crippen LogP contribution in [0, 0.1) is 6.92 Å². The summed E-state index contributed by atoms with van der Waals surface area (Å²) in [4.78, 5) is 23.8. The average molecular weight is 635 g/mol. The number of amides is 2. The van der Waals surface area contributed by atoms with Gasteiger partial charge in [0.05, 0.1) is 5.69 Å². The molecule has 2 heterocycles. The first-order valence-electron chi connectivity index (χ1n) is 14.4. The highest BCUT2D eigenvalue weighted by Crippen LogP contribution is 2.36. The summed E-state index contributed by atoms with van der Waals surface area (Å²) < 4.78 is 42.6. The molecule has 4 aromatic rings. The predicted octanol–water partition coefficient (Wildman–Crippen LogP) is 8.33. The Morgan fingerprint density at radius 1 is 1.11 bits per heavy atom. The van der Waals surface area contributed by atoms with Gasteiger partial charge in [-0.15, -0.1) is 18.3 Å². The Hall–Kier alpha value is -4.58. The number of carbonyl (C=O) groups excluding carboxylic acids is 1. The zero-order valence-electron chi connectivity index (χ0n) is 25.2. The number of nitrogens with one attached hydrogen (secondary N) is 1. The third-order valence-electron chi connectivity index (χ3n) is 7.23. The van der Waals surface area contributed by atoms with E-state index in [-0.39, 0.29) is 11.8 Å². The van der Waals surface area contributed by atoms with E-state index in [1.165, 1.54) is 46.4 Å². The molecule has 0 saturated carbocycles. The molecule has 1 aliphatic rings. The number of aromatic nitrogens is 3. The maximum atomic E-state index is 12.8. The van der Waals surface area contributed by atoms with Gasteiger partial charge in [0.1, 0.15) is 12.1 Å². The molecule has 0 radical (unpaired) electrons. The van der Waals surface area contributed by atoms with Crippen LogP contribution in [0.25, 0.3) is 23.2 Å². The van der Waals surface area contributed by atoms with Gasteiger partial charge in [0, 0.05) is 29.2 Å². The fraction of sp³-hybridized carbons (Fsp3) is 0.273. The largest absolute Gasteiger partial charge is 0.573 e. The van der Waals surface area contributed by atoms with Gasteiger partial charge in [0.15, 0.2) is 11.0 Å². The molecule has 234 valence electrons. The van der Waals surface area contributed by atoms with Gasteiger partial charge in [-0.05, 0) is 79.3 Å². The van der Waals surface area contributed by atoms with Crippen LogP contribution in [0.2, 0.25) is 0 Å². The molecule has 5 rings (SSSR count). The molecule has 2 amide bonds. The van der Waals surface area contributed by atoms with Gasteiger partial charge in [0.2, 0.25) is 0 Å². The third kappa shape index (κ3) is 7.93.